The molecule has 0 unspecified atom stereocenters. The van der Waals surface area contributed by atoms with Crippen molar-refractivity contribution in [3.63, 3.8) is 0 Å². The molecule has 0 amide bonds. The molecule has 0 bridgehead atoms. The number of nitrogens with zero attached hydrogens (tertiary/aromatic N) is 3. The van der Waals surface area contributed by atoms with Crippen LogP contribution in [-0.2, 0) is 0 Å². The predicted molar refractivity (Wildman–Crippen MR) is 225 cm³/mol. The Morgan fingerprint density at radius 1 is 0.315 bits per heavy atom. The van der Waals surface area contributed by atoms with Crippen molar-refractivity contribution in [2.45, 2.75) is 0 Å². The van der Waals surface area contributed by atoms with E-state index >= 15 is 0 Å². The quantitative estimate of drug-likeness (QED) is 0.181. The van der Waals surface area contributed by atoms with E-state index in [9.17, 15) is 0 Å². The van der Waals surface area contributed by atoms with Crippen molar-refractivity contribution >= 4 is 76.6 Å². The SMILES string of the molecule is c1ccc(-n2c3ccc(-c4cccc5c4oc4c5c5ccccc5n4-c4ccccc4)cc3c3cc(-n4c5ccccc5c5ccccc54)ccc32)cc1. The van der Waals surface area contributed by atoms with Crippen LogP contribution in [0.5, 0.6) is 0 Å². The number of benzene rings is 8. The molecule has 0 fully saturated rings. The summed E-state index contributed by atoms with van der Waals surface area (Å²) in [6.07, 6.45) is 0. The van der Waals surface area contributed by atoms with E-state index in [-0.39, 0.29) is 0 Å². The van der Waals surface area contributed by atoms with E-state index in [1.807, 2.05) is 0 Å². The van der Waals surface area contributed by atoms with Gasteiger partial charge in [-0.25, -0.2) is 0 Å². The third kappa shape index (κ3) is 4.02. The van der Waals surface area contributed by atoms with E-state index < -0.39 is 0 Å². The van der Waals surface area contributed by atoms with Gasteiger partial charge in [-0.3, -0.25) is 4.57 Å². The summed E-state index contributed by atoms with van der Waals surface area (Å²) in [5.74, 6) is 0. The average molecular weight is 690 g/mol. The lowest BCUT2D eigenvalue weighted by Gasteiger charge is -2.10. The monoisotopic (exact) mass is 689 g/mol. The number of hydrogen-bond donors (Lipinski definition) is 0. The lowest BCUT2D eigenvalue weighted by Crippen LogP contribution is -1.95. The standard InChI is InChI=1S/C50H31N3O/c1-3-14-33(15-4-1)51-46-28-26-32(30-41(46)42-31-35(27-29-47(42)51)52-43-23-10-7-18-37(43)38-19-8-11-24-44(38)52)36-21-13-22-40-48-39-20-9-12-25-45(39)53(50(48)54-49(36)40)34-16-5-2-6-17-34/h1-31H. The van der Waals surface area contributed by atoms with Crippen LogP contribution < -0.4 is 0 Å². The van der Waals surface area contributed by atoms with Gasteiger partial charge >= 0.3 is 0 Å². The van der Waals surface area contributed by atoms with Crippen molar-refractivity contribution in [1.29, 1.82) is 0 Å². The maximum Gasteiger partial charge on any atom is 0.213 e. The summed E-state index contributed by atoms with van der Waals surface area (Å²) in [5, 5.41) is 8.36. The van der Waals surface area contributed by atoms with Gasteiger partial charge in [0.25, 0.3) is 0 Å². The molecule has 0 saturated heterocycles. The summed E-state index contributed by atoms with van der Waals surface area (Å²) in [5.41, 5.74) is 13.2. The minimum absolute atomic E-state index is 0.863. The Labute approximate surface area is 309 Å². The van der Waals surface area contributed by atoms with Gasteiger partial charge in [0.2, 0.25) is 5.71 Å². The maximum absolute atomic E-state index is 6.99. The number of aromatic nitrogens is 3. The molecule has 0 spiro atoms. The van der Waals surface area contributed by atoms with Crippen LogP contribution in [0.3, 0.4) is 0 Å². The molecule has 0 radical (unpaired) electrons. The molecule has 4 heteroatoms. The van der Waals surface area contributed by atoms with E-state index in [2.05, 4.69) is 202 Å². The van der Waals surface area contributed by atoms with Crippen LogP contribution in [0.15, 0.2) is 192 Å². The fraction of sp³-hybridized carbons (Fsp3) is 0. The number of rotatable bonds is 4. The van der Waals surface area contributed by atoms with Gasteiger partial charge in [-0.2, -0.15) is 0 Å². The molecule has 0 aliphatic rings. The Bertz CT molecular complexity index is 3380. The first-order valence-corrected chi connectivity index (χ1v) is 18.4. The number of hydrogen-bond acceptors (Lipinski definition) is 1. The summed E-state index contributed by atoms with van der Waals surface area (Å²) in [6.45, 7) is 0. The maximum atomic E-state index is 6.99. The van der Waals surface area contributed by atoms with Crippen LogP contribution in [0.4, 0.5) is 0 Å². The first-order chi connectivity index (χ1) is 26.8. The van der Waals surface area contributed by atoms with Gasteiger partial charge in [0.1, 0.15) is 5.58 Å². The number of furan rings is 1. The van der Waals surface area contributed by atoms with Gasteiger partial charge in [-0.15, -0.1) is 0 Å². The van der Waals surface area contributed by atoms with Gasteiger partial charge in [0, 0.05) is 54.9 Å². The Morgan fingerprint density at radius 3 is 1.50 bits per heavy atom. The zero-order valence-electron chi connectivity index (χ0n) is 29.1. The summed E-state index contributed by atoms with van der Waals surface area (Å²) in [6, 6.07) is 67.6. The number of fused-ring (bicyclic) bond motifs is 11. The van der Waals surface area contributed by atoms with E-state index in [0.29, 0.717) is 0 Å². The summed E-state index contributed by atoms with van der Waals surface area (Å²) >= 11 is 0. The van der Waals surface area contributed by atoms with Crippen molar-refractivity contribution in [1.82, 2.24) is 13.7 Å². The molecule has 4 aromatic heterocycles. The zero-order valence-corrected chi connectivity index (χ0v) is 29.1. The fourth-order valence-electron chi connectivity index (χ4n) is 8.95. The van der Waals surface area contributed by atoms with Crippen LogP contribution in [0.2, 0.25) is 0 Å². The molecule has 0 N–H and O–H groups in total. The lowest BCUT2D eigenvalue weighted by atomic mass is 10.00. The molecular formula is C50H31N3O. The van der Waals surface area contributed by atoms with Crippen molar-refractivity contribution < 1.29 is 4.42 Å². The van der Waals surface area contributed by atoms with E-state index in [1.165, 1.54) is 43.5 Å². The Balaban J connectivity index is 1.13. The summed E-state index contributed by atoms with van der Waals surface area (Å²) in [7, 11) is 0. The Morgan fingerprint density at radius 2 is 0.815 bits per heavy atom. The highest BCUT2D eigenvalue weighted by atomic mass is 16.3. The number of para-hydroxylation sites is 6. The average Bonchev–Trinajstić information content (AvgIpc) is 3.97. The second-order valence-electron chi connectivity index (χ2n) is 14.1. The normalized spacial score (nSPS) is 12.1. The second-order valence-corrected chi connectivity index (χ2v) is 14.1. The van der Waals surface area contributed by atoms with Crippen LogP contribution in [0, 0.1) is 0 Å². The third-order valence-corrected chi connectivity index (χ3v) is 11.2. The van der Waals surface area contributed by atoms with E-state index in [4.69, 9.17) is 4.42 Å². The predicted octanol–water partition coefficient (Wildman–Crippen LogP) is 13.4. The van der Waals surface area contributed by atoms with Crippen molar-refractivity contribution in [2.24, 2.45) is 0 Å². The molecule has 12 aromatic rings. The van der Waals surface area contributed by atoms with Gasteiger partial charge in [-0.05, 0) is 78.4 Å². The molecule has 8 aromatic carbocycles. The van der Waals surface area contributed by atoms with Gasteiger partial charge in [0.15, 0.2) is 0 Å². The highest BCUT2D eigenvalue weighted by molar-refractivity contribution is 6.22. The second kappa shape index (κ2) is 11.1. The van der Waals surface area contributed by atoms with Gasteiger partial charge in [0.05, 0.1) is 33.0 Å². The van der Waals surface area contributed by atoms with Crippen LogP contribution in [-0.4, -0.2) is 13.7 Å². The smallest absolute Gasteiger partial charge is 0.213 e. The van der Waals surface area contributed by atoms with E-state index in [0.717, 1.165) is 61.3 Å². The van der Waals surface area contributed by atoms with Crippen molar-refractivity contribution in [2.75, 3.05) is 0 Å². The third-order valence-electron chi connectivity index (χ3n) is 11.2. The van der Waals surface area contributed by atoms with Crippen molar-refractivity contribution in [3.8, 4) is 28.2 Å². The topological polar surface area (TPSA) is 27.9 Å². The van der Waals surface area contributed by atoms with Gasteiger partial charge in [-0.1, -0.05) is 115 Å². The van der Waals surface area contributed by atoms with Crippen molar-refractivity contribution in [3.05, 3.63) is 188 Å². The first-order valence-electron chi connectivity index (χ1n) is 18.4. The van der Waals surface area contributed by atoms with Crippen LogP contribution >= 0.6 is 0 Å². The molecule has 0 aliphatic carbocycles. The molecule has 4 nitrogen and oxygen atoms in total. The highest BCUT2D eigenvalue weighted by Gasteiger charge is 2.22. The minimum Gasteiger partial charge on any atom is -0.438 e. The molecular weight excluding hydrogens is 659 g/mol. The molecule has 4 heterocycles. The zero-order chi connectivity index (χ0) is 35.3. The Kier molecular flexibility index (Phi) is 6.02. The molecule has 0 atom stereocenters. The first kappa shape index (κ1) is 29.3. The Hall–Kier alpha value is -7.30. The van der Waals surface area contributed by atoms with Crippen LogP contribution in [0.25, 0.3) is 105 Å². The minimum atomic E-state index is 0.863. The molecule has 54 heavy (non-hydrogen) atoms. The molecule has 0 aliphatic heterocycles. The molecule has 0 saturated carbocycles. The lowest BCUT2D eigenvalue weighted by molar-refractivity contribution is 0.646. The van der Waals surface area contributed by atoms with Crippen LogP contribution in [0.1, 0.15) is 0 Å². The highest BCUT2D eigenvalue weighted by Crippen LogP contribution is 2.44. The van der Waals surface area contributed by atoms with Gasteiger partial charge < -0.3 is 13.6 Å². The molecule has 252 valence electrons. The van der Waals surface area contributed by atoms with E-state index in [1.54, 1.807) is 0 Å². The summed E-state index contributed by atoms with van der Waals surface area (Å²) < 4.78 is 14.0. The fourth-order valence-corrected chi connectivity index (χ4v) is 8.95. The molecule has 12 rings (SSSR count). The largest absolute Gasteiger partial charge is 0.438 e. The summed E-state index contributed by atoms with van der Waals surface area (Å²) in [4.78, 5) is 0.